The molecule has 0 aliphatic heterocycles. The smallest absolute Gasteiger partial charge is 0.00973 e. The SMILES string of the molecule is CC=CCc1c[c]ccc1. The van der Waals surface area contributed by atoms with Crippen LogP contribution in [-0.4, -0.2) is 0 Å². The monoisotopic (exact) mass is 131 g/mol. The Morgan fingerprint density at radius 3 is 3.10 bits per heavy atom. The van der Waals surface area contributed by atoms with Gasteiger partial charge in [0.25, 0.3) is 0 Å². The number of hydrogen-bond acceptors (Lipinski definition) is 0. The molecule has 0 heterocycles. The van der Waals surface area contributed by atoms with E-state index in [9.17, 15) is 0 Å². The first-order valence-corrected chi connectivity index (χ1v) is 3.49. The fraction of sp³-hybridized carbons (Fsp3) is 0.200. The van der Waals surface area contributed by atoms with Gasteiger partial charge in [-0.3, -0.25) is 0 Å². The lowest BCUT2D eigenvalue weighted by molar-refractivity contribution is 1.26. The summed E-state index contributed by atoms with van der Waals surface area (Å²) in [6, 6.07) is 11.1. The topological polar surface area (TPSA) is 0 Å². The third-order valence-electron chi connectivity index (χ3n) is 1.36. The molecule has 1 aromatic carbocycles. The van der Waals surface area contributed by atoms with Gasteiger partial charge in [0.15, 0.2) is 0 Å². The van der Waals surface area contributed by atoms with Gasteiger partial charge in [0.1, 0.15) is 0 Å². The highest BCUT2D eigenvalue weighted by Crippen LogP contribution is 1.98. The van der Waals surface area contributed by atoms with E-state index < -0.39 is 0 Å². The summed E-state index contributed by atoms with van der Waals surface area (Å²) in [5, 5.41) is 0. The van der Waals surface area contributed by atoms with Crippen molar-refractivity contribution in [1.82, 2.24) is 0 Å². The second-order valence-electron chi connectivity index (χ2n) is 2.18. The van der Waals surface area contributed by atoms with Crippen molar-refractivity contribution in [2.24, 2.45) is 0 Å². The molecule has 0 heteroatoms. The fourth-order valence-corrected chi connectivity index (χ4v) is 0.811. The van der Waals surface area contributed by atoms with Gasteiger partial charge in [-0.25, -0.2) is 0 Å². The Labute approximate surface area is 62.2 Å². The molecule has 51 valence electrons. The molecular weight excluding hydrogens is 120 g/mol. The molecule has 1 radical (unpaired) electrons. The molecule has 0 bridgehead atoms. The second kappa shape index (κ2) is 3.89. The molecule has 1 rings (SSSR count). The van der Waals surface area contributed by atoms with Gasteiger partial charge in [-0.1, -0.05) is 36.4 Å². The minimum atomic E-state index is 1.02. The second-order valence-corrected chi connectivity index (χ2v) is 2.18. The van der Waals surface area contributed by atoms with Crippen molar-refractivity contribution in [2.75, 3.05) is 0 Å². The summed E-state index contributed by atoms with van der Waals surface area (Å²) in [7, 11) is 0. The van der Waals surface area contributed by atoms with Crippen LogP contribution in [0.25, 0.3) is 0 Å². The third-order valence-corrected chi connectivity index (χ3v) is 1.36. The van der Waals surface area contributed by atoms with E-state index in [4.69, 9.17) is 0 Å². The highest BCUT2D eigenvalue weighted by molar-refractivity contribution is 5.16. The maximum Gasteiger partial charge on any atom is -0.00973 e. The van der Waals surface area contributed by atoms with Crippen LogP contribution in [0.3, 0.4) is 0 Å². The normalized spacial score (nSPS) is 10.5. The zero-order valence-electron chi connectivity index (χ0n) is 6.17. The number of benzene rings is 1. The Balaban J connectivity index is 2.59. The summed E-state index contributed by atoms with van der Waals surface area (Å²) < 4.78 is 0. The summed E-state index contributed by atoms with van der Waals surface area (Å²) in [4.78, 5) is 0. The van der Waals surface area contributed by atoms with Crippen LogP contribution in [0.4, 0.5) is 0 Å². The Bertz CT molecular complexity index is 197. The number of rotatable bonds is 2. The summed E-state index contributed by atoms with van der Waals surface area (Å²) >= 11 is 0. The molecule has 0 atom stereocenters. The molecular formula is C10H11. The first kappa shape index (κ1) is 7.07. The lowest BCUT2D eigenvalue weighted by Gasteiger charge is -1.91. The van der Waals surface area contributed by atoms with Gasteiger partial charge < -0.3 is 0 Å². The zero-order chi connectivity index (χ0) is 7.23. The highest BCUT2D eigenvalue weighted by atomic mass is 13.9. The molecule has 0 aromatic heterocycles. The van der Waals surface area contributed by atoms with Crippen LogP contribution >= 0.6 is 0 Å². The summed E-state index contributed by atoms with van der Waals surface area (Å²) in [5.41, 5.74) is 1.32. The molecule has 0 amide bonds. The molecule has 1 aromatic rings. The van der Waals surface area contributed by atoms with Gasteiger partial charge >= 0.3 is 0 Å². The van der Waals surface area contributed by atoms with E-state index in [1.54, 1.807) is 0 Å². The van der Waals surface area contributed by atoms with Crippen molar-refractivity contribution < 1.29 is 0 Å². The number of hydrogen-bond donors (Lipinski definition) is 0. The Kier molecular flexibility index (Phi) is 2.75. The molecule has 0 spiro atoms. The van der Waals surface area contributed by atoms with E-state index in [0.29, 0.717) is 0 Å². The minimum absolute atomic E-state index is 1.02. The van der Waals surface area contributed by atoms with E-state index in [2.05, 4.69) is 24.3 Å². The van der Waals surface area contributed by atoms with Crippen LogP contribution in [0.15, 0.2) is 36.4 Å². The van der Waals surface area contributed by atoms with Crippen molar-refractivity contribution in [3.8, 4) is 0 Å². The summed E-state index contributed by atoms with van der Waals surface area (Å²) in [6.45, 7) is 2.03. The van der Waals surface area contributed by atoms with E-state index in [1.807, 2.05) is 25.1 Å². The quantitative estimate of drug-likeness (QED) is 0.541. The predicted octanol–water partition coefficient (Wildman–Crippen LogP) is 2.61. The van der Waals surface area contributed by atoms with Crippen LogP contribution in [0.2, 0.25) is 0 Å². The Hall–Kier alpha value is -1.04. The van der Waals surface area contributed by atoms with Crippen molar-refractivity contribution in [3.63, 3.8) is 0 Å². The van der Waals surface area contributed by atoms with Gasteiger partial charge in [0.05, 0.1) is 0 Å². The largest absolute Gasteiger partial charge is 0.0913 e. The Morgan fingerprint density at radius 2 is 2.50 bits per heavy atom. The average Bonchev–Trinajstić information content (AvgIpc) is 2.03. The maximum atomic E-state index is 3.04. The van der Waals surface area contributed by atoms with Crippen LogP contribution in [0, 0.1) is 6.07 Å². The lowest BCUT2D eigenvalue weighted by Crippen LogP contribution is -1.77. The lowest BCUT2D eigenvalue weighted by atomic mass is 10.1. The van der Waals surface area contributed by atoms with Crippen molar-refractivity contribution in [1.29, 1.82) is 0 Å². The summed E-state index contributed by atoms with van der Waals surface area (Å²) in [6.07, 6.45) is 5.23. The van der Waals surface area contributed by atoms with Gasteiger partial charge in [0.2, 0.25) is 0 Å². The van der Waals surface area contributed by atoms with E-state index in [1.165, 1.54) is 5.56 Å². The third kappa shape index (κ3) is 2.06. The van der Waals surface area contributed by atoms with Crippen molar-refractivity contribution in [3.05, 3.63) is 48.0 Å². The molecule has 10 heavy (non-hydrogen) atoms. The van der Waals surface area contributed by atoms with Gasteiger partial charge in [-0.2, -0.15) is 0 Å². The first-order valence-electron chi connectivity index (χ1n) is 3.49. The van der Waals surface area contributed by atoms with Gasteiger partial charge in [-0.15, -0.1) is 0 Å². The summed E-state index contributed by atoms with van der Waals surface area (Å²) in [5.74, 6) is 0. The van der Waals surface area contributed by atoms with Crippen molar-refractivity contribution in [2.45, 2.75) is 13.3 Å². The van der Waals surface area contributed by atoms with E-state index in [-0.39, 0.29) is 0 Å². The molecule has 0 N–H and O–H groups in total. The molecule has 0 saturated carbocycles. The molecule has 0 aliphatic carbocycles. The van der Waals surface area contributed by atoms with Gasteiger partial charge in [-0.05, 0) is 25.0 Å². The molecule has 0 aliphatic rings. The molecule has 0 unspecified atom stereocenters. The number of allylic oxidation sites excluding steroid dienone is 2. The molecule has 0 nitrogen and oxygen atoms in total. The maximum absolute atomic E-state index is 3.04. The minimum Gasteiger partial charge on any atom is -0.0913 e. The molecule has 0 saturated heterocycles. The average molecular weight is 131 g/mol. The highest BCUT2D eigenvalue weighted by Gasteiger charge is 1.83. The van der Waals surface area contributed by atoms with E-state index in [0.717, 1.165) is 6.42 Å². The zero-order valence-corrected chi connectivity index (χ0v) is 6.17. The Morgan fingerprint density at radius 1 is 1.60 bits per heavy atom. The standard InChI is InChI=1S/C10H11/c1-2-3-7-10-8-5-4-6-9-10/h2-5,8-9H,7H2,1H3. The van der Waals surface area contributed by atoms with Crippen LogP contribution in [0.1, 0.15) is 12.5 Å². The predicted molar refractivity (Wildman–Crippen MR) is 43.8 cm³/mol. The first-order chi connectivity index (χ1) is 4.93. The van der Waals surface area contributed by atoms with Gasteiger partial charge in [0, 0.05) is 0 Å². The fourth-order valence-electron chi connectivity index (χ4n) is 0.811. The van der Waals surface area contributed by atoms with Crippen LogP contribution in [-0.2, 0) is 6.42 Å². The molecule has 0 fully saturated rings. The van der Waals surface area contributed by atoms with E-state index >= 15 is 0 Å². The van der Waals surface area contributed by atoms with Crippen molar-refractivity contribution >= 4 is 0 Å². The van der Waals surface area contributed by atoms with Crippen LogP contribution < -0.4 is 0 Å². The van der Waals surface area contributed by atoms with Crippen LogP contribution in [0.5, 0.6) is 0 Å².